The number of methoxy groups -OCH3 is 1. The van der Waals surface area contributed by atoms with Gasteiger partial charge in [-0.2, -0.15) is 0 Å². The Bertz CT molecular complexity index is 1410. The Morgan fingerprint density at radius 1 is 1.31 bits per heavy atom. The number of aromatic nitrogens is 2. The summed E-state index contributed by atoms with van der Waals surface area (Å²) in [6.45, 7) is 2.46. The Morgan fingerprint density at radius 3 is 2.81 bits per heavy atom. The molecular formula is C27H33F2N7O6. The smallest absolute Gasteiger partial charge is 0.415 e. The van der Waals surface area contributed by atoms with Gasteiger partial charge in [0.15, 0.2) is 18.2 Å². The van der Waals surface area contributed by atoms with E-state index in [0.29, 0.717) is 13.0 Å². The Kier molecular flexibility index (Phi) is 8.25. The topological polar surface area (TPSA) is 147 Å². The number of rotatable bonds is 10. The van der Waals surface area contributed by atoms with Crippen LogP contribution in [0.25, 0.3) is 0 Å². The lowest BCUT2D eigenvalue weighted by atomic mass is 10.00. The average Bonchev–Trinajstić information content (AvgIpc) is 3.54. The fraction of sp³-hybridized carbons (Fsp3) is 0.519. The number of cyclic esters (lactones) is 1. The molecule has 226 valence electrons. The summed E-state index contributed by atoms with van der Waals surface area (Å²) in [4.78, 5) is 47.9. The molecule has 1 aromatic heterocycles. The van der Waals surface area contributed by atoms with Gasteiger partial charge in [-0.3, -0.25) is 19.4 Å². The molecule has 0 saturated carbocycles. The van der Waals surface area contributed by atoms with Crippen molar-refractivity contribution in [2.75, 3.05) is 63.0 Å². The second-order valence-electron chi connectivity index (χ2n) is 10.8. The highest BCUT2D eigenvalue weighted by Gasteiger charge is 2.42. The zero-order valence-corrected chi connectivity index (χ0v) is 23.8. The number of hydrogen-bond acceptors (Lipinski definition) is 10. The second-order valence-corrected chi connectivity index (χ2v) is 10.8. The first-order valence-corrected chi connectivity index (χ1v) is 13.5. The van der Waals surface area contributed by atoms with Crippen molar-refractivity contribution in [3.8, 4) is 5.88 Å². The van der Waals surface area contributed by atoms with Crippen molar-refractivity contribution in [3.63, 3.8) is 0 Å². The lowest BCUT2D eigenvalue weighted by molar-refractivity contribution is -0.120. The summed E-state index contributed by atoms with van der Waals surface area (Å²) in [5.41, 5.74) is -0.689. The third-order valence-electron chi connectivity index (χ3n) is 7.83. The van der Waals surface area contributed by atoms with Gasteiger partial charge >= 0.3 is 6.09 Å². The van der Waals surface area contributed by atoms with E-state index in [4.69, 9.17) is 14.2 Å². The number of carbonyl (C=O) groups is 3. The molecule has 2 aliphatic heterocycles. The Morgan fingerprint density at radius 2 is 2.07 bits per heavy atom. The molecule has 1 fully saturated rings. The summed E-state index contributed by atoms with van der Waals surface area (Å²) in [5.74, 6) is -1.55. The van der Waals surface area contributed by atoms with E-state index in [-0.39, 0.29) is 72.8 Å². The van der Waals surface area contributed by atoms with E-state index in [9.17, 15) is 14.4 Å². The molecule has 3 heterocycles. The van der Waals surface area contributed by atoms with Crippen molar-refractivity contribution in [2.45, 2.75) is 43.9 Å². The predicted octanol–water partition coefficient (Wildman–Crippen LogP) is 1.46. The zero-order valence-electron chi connectivity index (χ0n) is 23.8. The van der Waals surface area contributed by atoms with Crippen molar-refractivity contribution in [2.24, 2.45) is 0 Å². The minimum atomic E-state index is -0.896. The first-order valence-electron chi connectivity index (χ1n) is 13.5. The molecule has 2 aromatic rings. The van der Waals surface area contributed by atoms with Crippen molar-refractivity contribution in [1.29, 1.82) is 0 Å². The molecule has 1 saturated heterocycles. The zero-order chi connectivity index (χ0) is 30.2. The molecule has 3 unspecified atom stereocenters. The van der Waals surface area contributed by atoms with Crippen LogP contribution in [0.2, 0.25) is 0 Å². The molecule has 1 aliphatic carbocycles. The van der Waals surface area contributed by atoms with Crippen molar-refractivity contribution in [1.82, 2.24) is 20.2 Å². The van der Waals surface area contributed by atoms with Crippen LogP contribution in [-0.4, -0.2) is 98.0 Å². The molecule has 0 spiro atoms. The number of carbonyl (C=O) groups excluding carboxylic acids is 3. The third kappa shape index (κ3) is 5.84. The van der Waals surface area contributed by atoms with Gasteiger partial charge in [-0.15, -0.1) is 0 Å². The number of likely N-dealkylation sites (N-methyl/N-ethyl adjacent to an activating group) is 1. The monoisotopic (exact) mass is 589 g/mol. The van der Waals surface area contributed by atoms with Gasteiger partial charge in [0.2, 0.25) is 5.91 Å². The van der Waals surface area contributed by atoms with Crippen LogP contribution in [0.1, 0.15) is 24.5 Å². The SMILES string of the molecule is COC1(CNCCC2CN(c3cnc4c(n3)NC(=O)CO4)C(=O)O2)Cc2c(F)cc(NC(=O)C(C)N(C)C)c(F)c2C1. The fourth-order valence-corrected chi connectivity index (χ4v) is 5.13. The molecule has 1 aromatic carbocycles. The Labute approximate surface area is 240 Å². The molecule has 0 radical (unpaired) electrons. The largest absolute Gasteiger partial charge is 0.465 e. The van der Waals surface area contributed by atoms with Gasteiger partial charge < -0.3 is 30.2 Å². The lowest BCUT2D eigenvalue weighted by Gasteiger charge is -2.28. The standard InChI is InChI=1S/C27H33F2N7O6/c1-14(35(2)3)24(38)32-19-7-18(28)16-8-27(40-4,9-17(16)22(19)29)13-30-6-5-15-11-36(26(39)42-15)20-10-31-25-23(33-20)34-21(37)12-41-25/h7,10,14-15,30H,5-6,8-9,11-13H2,1-4H3,(H,32,38)(H,33,34,37). The summed E-state index contributed by atoms with van der Waals surface area (Å²) < 4.78 is 46.9. The number of benzene rings is 1. The highest BCUT2D eigenvalue weighted by molar-refractivity contribution is 5.95. The van der Waals surface area contributed by atoms with Crippen molar-refractivity contribution >= 4 is 35.2 Å². The first-order chi connectivity index (χ1) is 20.0. The van der Waals surface area contributed by atoms with Crippen LogP contribution < -0.4 is 25.6 Å². The van der Waals surface area contributed by atoms with Crippen LogP contribution in [0, 0.1) is 11.6 Å². The molecule has 3 atom stereocenters. The van der Waals surface area contributed by atoms with Gasteiger partial charge in [-0.1, -0.05) is 0 Å². The number of halogens is 2. The molecule has 3 N–H and O–H groups in total. The lowest BCUT2D eigenvalue weighted by Crippen LogP contribution is -2.44. The van der Waals surface area contributed by atoms with Gasteiger partial charge in [0.1, 0.15) is 17.7 Å². The van der Waals surface area contributed by atoms with Crippen LogP contribution >= 0.6 is 0 Å². The molecular weight excluding hydrogens is 556 g/mol. The normalized spacial score (nSPS) is 21.9. The number of nitrogens with zero attached hydrogens (tertiary/aromatic N) is 4. The summed E-state index contributed by atoms with van der Waals surface area (Å²) >= 11 is 0. The van der Waals surface area contributed by atoms with Crippen LogP contribution in [0.5, 0.6) is 5.88 Å². The van der Waals surface area contributed by atoms with Crippen LogP contribution in [0.3, 0.4) is 0 Å². The maximum atomic E-state index is 15.4. The van der Waals surface area contributed by atoms with Gasteiger partial charge in [0, 0.05) is 32.6 Å². The summed E-state index contributed by atoms with van der Waals surface area (Å²) in [5, 5.41) is 8.31. The fourth-order valence-electron chi connectivity index (χ4n) is 5.13. The maximum absolute atomic E-state index is 15.4. The number of ether oxygens (including phenoxy) is 3. The number of nitrogens with one attached hydrogen (secondary N) is 3. The van der Waals surface area contributed by atoms with Crippen LogP contribution in [-0.2, 0) is 31.9 Å². The van der Waals surface area contributed by atoms with E-state index >= 15 is 8.78 Å². The summed E-state index contributed by atoms with van der Waals surface area (Å²) in [7, 11) is 4.93. The van der Waals surface area contributed by atoms with Crippen LogP contribution in [0.4, 0.5) is 30.9 Å². The summed E-state index contributed by atoms with van der Waals surface area (Å²) in [6.07, 6.45) is 1.06. The van der Waals surface area contributed by atoms with Crippen molar-refractivity contribution < 1.29 is 37.4 Å². The number of fused-ring (bicyclic) bond motifs is 2. The molecule has 13 nitrogen and oxygen atoms in total. The van der Waals surface area contributed by atoms with E-state index in [1.54, 1.807) is 25.9 Å². The summed E-state index contributed by atoms with van der Waals surface area (Å²) in [6, 6.07) is 0.485. The Balaban J connectivity index is 1.16. The average molecular weight is 590 g/mol. The highest BCUT2D eigenvalue weighted by atomic mass is 19.1. The molecule has 3 amide bonds. The van der Waals surface area contributed by atoms with Crippen LogP contribution in [0.15, 0.2) is 12.3 Å². The first kappa shape index (κ1) is 29.5. The van der Waals surface area contributed by atoms with E-state index in [1.807, 2.05) is 0 Å². The maximum Gasteiger partial charge on any atom is 0.415 e. The van der Waals surface area contributed by atoms with E-state index in [2.05, 4.69) is 25.9 Å². The molecule has 42 heavy (non-hydrogen) atoms. The molecule has 0 bridgehead atoms. The minimum Gasteiger partial charge on any atom is -0.465 e. The second kappa shape index (κ2) is 11.7. The van der Waals surface area contributed by atoms with Gasteiger partial charge in [-0.05, 0) is 45.1 Å². The molecule has 3 aliphatic rings. The third-order valence-corrected chi connectivity index (χ3v) is 7.83. The molecule has 15 heteroatoms. The van der Waals surface area contributed by atoms with Crippen molar-refractivity contribution in [3.05, 3.63) is 35.0 Å². The quantitative estimate of drug-likeness (QED) is 0.348. The highest BCUT2D eigenvalue weighted by Crippen LogP contribution is 2.38. The minimum absolute atomic E-state index is 0.116. The van der Waals surface area contributed by atoms with Gasteiger partial charge in [0.25, 0.3) is 11.8 Å². The van der Waals surface area contributed by atoms with Gasteiger partial charge in [-0.25, -0.2) is 23.5 Å². The van der Waals surface area contributed by atoms with E-state index in [1.165, 1.54) is 18.2 Å². The van der Waals surface area contributed by atoms with E-state index < -0.39 is 41.4 Å². The predicted molar refractivity (Wildman–Crippen MR) is 147 cm³/mol. The number of amides is 3. The number of anilines is 3. The number of hydrogen-bond donors (Lipinski definition) is 3. The Hall–Kier alpha value is -3.95. The molecule has 5 rings (SSSR count). The van der Waals surface area contributed by atoms with Gasteiger partial charge in [0.05, 0.1) is 30.1 Å². The van der Waals surface area contributed by atoms with E-state index in [0.717, 1.165) is 6.07 Å².